The Kier molecular flexibility index (Phi) is 1.26. The van der Waals surface area contributed by atoms with Gasteiger partial charge in [-0.1, -0.05) is 13.8 Å². The lowest BCUT2D eigenvalue weighted by Crippen LogP contribution is -2.39. The normalized spacial score (nSPS) is 58.6. The number of nitriles is 1. The highest BCUT2D eigenvalue weighted by atomic mass is 16.6. The molecule has 0 amide bonds. The van der Waals surface area contributed by atoms with E-state index in [4.69, 9.17) is 4.74 Å². The zero-order chi connectivity index (χ0) is 10.1. The van der Waals surface area contributed by atoms with Crippen molar-refractivity contribution in [3.8, 4) is 6.07 Å². The Morgan fingerprint density at radius 2 is 2.29 bits per heavy atom. The minimum atomic E-state index is -0.790. The fourth-order valence-corrected chi connectivity index (χ4v) is 4.01. The number of esters is 1. The van der Waals surface area contributed by atoms with E-state index in [1.165, 1.54) is 0 Å². The van der Waals surface area contributed by atoms with E-state index in [-0.39, 0.29) is 23.9 Å². The molecular weight excluding hydrogens is 178 g/mol. The third-order valence-electron chi connectivity index (χ3n) is 4.83. The molecule has 74 valence electrons. The highest BCUT2D eigenvalue weighted by Crippen LogP contribution is 2.66. The Balaban J connectivity index is 2.17. The van der Waals surface area contributed by atoms with E-state index in [0.29, 0.717) is 11.8 Å². The fourth-order valence-electron chi connectivity index (χ4n) is 4.01. The zero-order valence-corrected chi connectivity index (χ0v) is 8.36. The molecule has 6 unspecified atom stereocenters. The van der Waals surface area contributed by atoms with Gasteiger partial charge in [0.1, 0.15) is 6.10 Å². The van der Waals surface area contributed by atoms with Crippen molar-refractivity contribution in [3.05, 3.63) is 0 Å². The molecule has 2 saturated carbocycles. The molecule has 0 radical (unpaired) electrons. The fraction of sp³-hybridized carbons (Fsp3) is 0.818. The molecule has 3 rings (SSSR count). The Bertz CT molecular complexity index is 359. The average molecular weight is 191 g/mol. The van der Waals surface area contributed by atoms with E-state index in [0.717, 1.165) is 6.42 Å². The second kappa shape index (κ2) is 2.13. The summed E-state index contributed by atoms with van der Waals surface area (Å²) >= 11 is 0. The summed E-state index contributed by atoms with van der Waals surface area (Å²) in [6.07, 6.45) is 1.04. The highest BCUT2D eigenvalue weighted by molar-refractivity contribution is 5.84. The summed E-state index contributed by atoms with van der Waals surface area (Å²) in [5.74, 6) is 1.06. The van der Waals surface area contributed by atoms with E-state index in [1.807, 2.05) is 6.92 Å². The molecule has 6 atom stereocenters. The van der Waals surface area contributed by atoms with Crippen LogP contribution in [0.2, 0.25) is 0 Å². The summed E-state index contributed by atoms with van der Waals surface area (Å²) in [6, 6.07) is 2.25. The van der Waals surface area contributed by atoms with Crippen molar-refractivity contribution in [2.75, 3.05) is 0 Å². The first-order valence-electron chi connectivity index (χ1n) is 5.25. The molecule has 0 spiro atoms. The van der Waals surface area contributed by atoms with Crippen molar-refractivity contribution in [2.45, 2.75) is 26.4 Å². The van der Waals surface area contributed by atoms with Gasteiger partial charge in [-0.25, -0.2) is 0 Å². The van der Waals surface area contributed by atoms with Gasteiger partial charge in [0.25, 0.3) is 0 Å². The van der Waals surface area contributed by atoms with Gasteiger partial charge in [-0.15, -0.1) is 0 Å². The van der Waals surface area contributed by atoms with Crippen LogP contribution in [0.5, 0.6) is 0 Å². The van der Waals surface area contributed by atoms with E-state index in [1.54, 1.807) is 0 Å². The van der Waals surface area contributed by atoms with Crippen molar-refractivity contribution in [1.82, 2.24) is 0 Å². The molecule has 3 nitrogen and oxygen atoms in total. The minimum Gasteiger partial charge on any atom is -0.461 e. The lowest BCUT2D eigenvalue weighted by Gasteiger charge is -2.31. The summed E-state index contributed by atoms with van der Waals surface area (Å²) in [5, 5.41) is 9.24. The summed E-state index contributed by atoms with van der Waals surface area (Å²) in [6.45, 7) is 4.18. The number of nitrogens with zero attached hydrogens (tertiary/aromatic N) is 1. The number of rotatable bonds is 0. The van der Waals surface area contributed by atoms with Gasteiger partial charge in [0.05, 0.1) is 6.07 Å². The van der Waals surface area contributed by atoms with Crippen LogP contribution >= 0.6 is 0 Å². The van der Waals surface area contributed by atoms with Crippen LogP contribution in [0.25, 0.3) is 0 Å². The van der Waals surface area contributed by atoms with Gasteiger partial charge in [-0.05, 0) is 24.2 Å². The molecule has 3 heteroatoms. The predicted octanol–water partition coefficient (Wildman–Crippen LogP) is 1.34. The van der Waals surface area contributed by atoms with Crippen molar-refractivity contribution in [2.24, 2.45) is 29.1 Å². The quantitative estimate of drug-likeness (QED) is 0.543. The first kappa shape index (κ1) is 8.28. The van der Waals surface area contributed by atoms with Crippen LogP contribution in [0.15, 0.2) is 0 Å². The summed E-state index contributed by atoms with van der Waals surface area (Å²) < 4.78 is 5.35. The van der Waals surface area contributed by atoms with E-state index >= 15 is 0 Å². The molecule has 14 heavy (non-hydrogen) atoms. The van der Waals surface area contributed by atoms with Gasteiger partial charge >= 0.3 is 5.97 Å². The SMILES string of the molecule is CC1C2CC3C1OC(=O)C3(C#N)C2C. The minimum absolute atomic E-state index is 0.0309. The lowest BCUT2D eigenvalue weighted by molar-refractivity contribution is -0.147. The van der Waals surface area contributed by atoms with Gasteiger partial charge in [0.2, 0.25) is 0 Å². The van der Waals surface area contributed by atoms with Crippen LogP contribution in [0.1, 0.15) is 20.3 Å². The second-order valence-electron chi connectivity index (χ2n) is 5.00. The Labute approximate surface area is 83.0 Å². The van der Waals surface area contributed by atoms with Gasteiger partial charge < -0.3 is 4.74 Å². The topological polar surface area (TPSA) is 50.1 Å². The van der Waals surface area contributed by atoms with Crippen LogP contribution in [-0.2, 0) is 9.53 Å². The molecule has 0 aromatic carbocycles. The number of carbonyl (C=O) groups is 1. The van der Waals surface area contributed by atoms with Crippen LogP contribution < -0.4 is 0 Å². The molecule has 2 aliphatic carbocycles. The van der Waals surface area contributed by atoms with Gasteiger partial charge in [0, 0.05) is 5.92 Å². The standard InChI is InChI=1S/C11H13NO2/c1-5-7-3-8-9(5)14-10(13)11(8,4-12)6(7)2/h5-9H,3H2,1-2H3. The summed E-state index contributed by atoms with van der Waals surface area (Å²) in [4.78, 5) is 11.8. The third kappa shape index (κ3) is 0.563. The van der Waals surface area contributed by atoms with Crippen LogP contribution in [0.4, 0.5) is 0 Å². The maximum atomic E-state index is 11.8. The molecule has 0 aromatic rings. The largest absolute Gasteiger partial charge is 0.461 e. The molecule has 1 saturated heterocycles. The Morgan fingerprint density at radius 1 is 1.57 bits per heavy atom. The van der Waals surface area contributed by atoms with Crippen molar-refractivity contribution < 1.29 is 9.53 Å². The molecular formula is C11H13NO2. The van der Waals surface area contributed by atoms with Gasteiger partial charge in [0.15, 0.2) is 5.41 Å². The summed E-state index contributed by atoms with van der Waals surface area (Å²) in [7, 11) is 0. The predicted molar refractivity (Wildman–Crippen MR) is 47.9 cm³/mol. The molecule has 2 bridgehead atoms. The number of hydrogen-bond donors (Lipinski definition) is 0. The third-order valence-corrected chi connectivity index (χ3v) is 4.83. The number of ether oxygens (including phenoxy) is 1. The Hall–Kier alpha value is -1.04. The van der Waals surface area contributed by atoms with E-state index in [2.05, 4.69) is 13.0 Å². The molecule has 0 aromatic heterocycles. The molecule has 1 aliphatic heterocycles. The summed E-state index contributed by atoms with van der Waals surface area (Å²) in [5.41, 5.74) is -0.790. The molecule has 1 heterocycles. The maximum absolute atomic E-state index is 11.8. The maximum Gasteiger partial charge on any atom is 0.327 e. The van der Waals surface area contributed by atoms with Crippen molar-refractivity contribution >= 4 is 5.97 Å². The highest BCUT2D eigenvalue weighted by Gasteiger charge is 2.73. The Morgan fingerprint density at radius 3 is 2.86 bits per heavy atom. The monoisotopic (exact) mass is 191 g/mol. The second-order valence-corrected chi connectivity index (χ2v) is 5.00. The van der Waals surface area contributed by atoms with Crippen molar-refractivity contribution in [1.29, 1.82) is 5.26 Å². The number of carbonyl (C=O) groups excluding carboxylic acids is 1. The van der Waals surface area contributed by atoms with E-state index in [9.17, 15) is 10.1 Å². The van der Waals surface area contributed by atoms with Crippen LogP contribution in [0.3, 0.4) is 0 Å². The smallest absolute Gasteiger partial charge is 0.327 e. The lowest BCUT2D eigenvalue weighted by atomic mass is 9.66. The van der Waals surface area contributed by atoms with Crippen LogP contribution in [-0.4, -0.2) is 12.1 Å². The van der Waals surface area contributed by atoms with E-state index < -0.39 is 5.41 Å². The van der Waals surface area contributed by atoms with Gasteiger partial charge in [-0.2, -0.15) is 5.26 Å². The number of hydrogen-bond acceptors (Lipinski definition) is 3. The number of fused-ring (bicyclic) bond motifs is 1. The first-order valence-corrected chi connectivity index (χ1v) is 5.25. The zero-order valence-electron chi connectivity index (χ0n) is 8.36. The molecule has 3 aliphatic rings. The van der Waals surface area contributed by atoms with Crippen molar-refractivity contribution in [3.63, 3.8) is 0 Å². The first-order chi connectivity index (χ1) is 6.63. The van der Waals surface area contributed by atoms with Crippen LogP contribution in [0, 0.1) is 40.4 Å². The molecule has 3 fully saturated rings. The molecule has 0 N–H and O–H groups in total. The van der Waals surface area contributed by atoms with Gasteiger partial charge in [-0.3, -0.25) is 4.79 Å². The average Bonchev–Trinajstić information content (AvgIpc) is 2.70.